The number of ether oxygens (including phenoxy) is 1. The van der Waals surface area contributed by atoms with E-state index in [9.17, 15) is 13.2 Å². The number of nitrogens with zero attached hydrogens (tertiary/aromatic N) is 2. The summed E-state index contributed by atoms with van der Waals surface area (Å²) in [4.78, 5) is 7.76. The summed E-state index contributed by atoms with van der Waals surface area (Å²) in [6.07, 6.45) is -4.18. The summed E-state index contributed by atoms with van der Waals surface area (Å²) < 4.78 is 43.0. The zero-order valence-electron chi connectivity index (χ0n) is 9.43. The first-order valence-electron chi connectivity index (χ1n) is 5.11. The van der Waals surface area contributed by atoms with E-state index in [2.05, 4.69) is 15.3 Å². The number of methoxy groups -OCH3 is 1. The Hall–Kier alpha value is -1.53. The number of hydrogen-bond donors (Lipinski definition) is 1. The van der Waals surface area contributed by atoms with Crippen LogP contribution in [-0.2, 0) is 0 Å². The van der Waals surface area contributed by atoms with Gasteiger partial charge in [-0.25, -0.2) is 4.98 Å². The van der Waals surface area contributed by atoms with Crippen LogP contribution in [-0.4, -0.2) is 28.8 Å². The molecule has 0 radical (unpaired) electrons. The monoisotopic (exact) mass is 247 g/mol. The lowest BCUT2D eigenvalue weighted by Crippen LogP contribution is -2.39. The van der Waals surface area contributed by atoms with E-state index in [-0.39, 0.29) is 24.7 Å². The van der Waals surface area contributed by atoms with Gasteiger partial charge in [0.15, 0.2) is 0 Å². The average Bonchev–Trinajstić information content (AvgIpc) is 2.97. The number of aromatic nitrogens is 2. The summed E-state index contributed by atoms with van der Waals surface area (Å²) in [6, 6.07) is 1.55. The molecule has 1 N–H and O–H groups in total. The zero-order chi connectivity index (χ0) is 12.7. The van der Waals surface area contributed by atoms with Crippen molar-refractivity contribution in [2.24, 2.45) is 0 Å². The molecule has 0 aromatic carbocycles. The summed E-state index contributed by atoms with van der Waals surface area (Å²) in [5, 5.41) is 2.36. The van der Waals surface area contributed by atoms with Gasteiger partial charge in [-0.1, -0.05) is 0 Å². The highest BCUT2D eigenvalue weighted by atomic mass is 19.4. The van der Waals surface area contributed by atoms with Crippen LogP contribution in [0.3, 0.4) is 0 Å². The molecule has 1 aliphatic carbocycles. The van der Waals surface area contributed by atoms with Gasteiger partial charge in [0.05, 0.1) is 7.11 Å². The van der Waals surface area contributed by atoms with Gasteiger partial charge in [-0.2, -0.15) is 18.2 Å². The summed E-state index contributed by atoms with van der Waals surface area (Å²) in [6.45, 7) is 1.67. The molecule has 4 nitrogen and oxygen atoms in total. The summed E-state index contributed by atoms with van der Waals surface area (Å²) in [7, 11) is 1.40. The van der Waals surface area contributed by atoms with E-state index in [4.69, 9.17) is 4.74 Å². The number of nitrogens with one attached hydrogen (secondary N) is 1. The summed E-state index contributed by atoms with van der Waals surface area (Å²) in [5.41, 5.74) is -1.30. The van der Waals surface area contributed by atoms with Crippen molar-refractivity contribution in [3.05, 3.63) is 11.8 Å². The van der Waals surface area contributed by atoms with Crippen molar-refractivity contribution < 1.29 is 17.9 Å². The normalized spacial score (nSPS) is 17.7. The van der Waals surface area contributed by atoms with E-state index in [0.717, 1.165) is 0 Å². The second-order valence-electron chi connectivity index (χ2n) is 4.08. The smallest absolute Gasteiger partial charge is 0.411 e. The molecule has 1 saturated carbocycles. The first-order valence-corrected chi connectivity index (χ1v) is 5.11. The third kappa shape index (κ3) is 2.27. The standard InChI is InChI=1S/C10H12F3N3O/c1-6-5-7(17-2)15-8(14-6)16-9(3-4-9)10(11,12)13/h5H,3-4H2,1-2H3,(H,14,15,16). The first-order chi connectivity index (χ1) is 7.86. The minimum Gasteiger partial charge on any atom is -0.481 e. The maximum Gasteiger partial charge on any atom is 0.411 e. The van der Waals surface area contributed by atoms with Crippen LogP contribution in [0, 0.1) is 6.92 Å². The van der Waals surface area contributed by atoms with E-state index in [0.29, 0.717) is 5.69 Å². The van der Waals surface area contributed by atoms with Gasteiger partial charge in [0.25, 0.3) is 0 Å². The average molecular weight is 247 g/mol. The molecule has 17 heavy (non-hydrogen) atoms. The van der Waals surface area contributed by atoms with E-state index < -0.39 is 11.7 Å². The van der Waals surface area contributed by atoms with Crippen LogP contribution in [0.4, 0.5) is 19.1 Å². The van der Waals surface area contributed by atoms with E-state index >= 15 is 0 Å². The first kappa shape index (κ1) is 11.9. The predicted octanol–water partition coefficient (Wildman–Crippen LogP) is 2.30. The minimum absolute atomic E-state index is 0.0447. The van der Waals surface area contributed by atoms with Crippen LogP contribution < -0.4 is 10.1 Å². The van der Waals surface area contributed by atoms with Gasteiger partial charge in [-0.05, 0) is 19.8 Å². The molecular formula is C10H12F3N3O. The number of rotatable bonds is 3. The number of aryl methyl sites for hydroxylation is 1. The third-order valence-corrected chi connectivity index (χ3v) is 2.68. The van der Waals surface area contributed by atoms with Gasteiger partial charge in [-0.3, -0.25) is 0 Å². The Balaban J connectivity index is 2.22. The minimum atomic E-state index is -4.28. The number of anilines is 1. The van der Waals surface area contributed by atoms with Crippen LogP contribution in [0.25, 0.3) is 0 Å². The molecule has 94 valence electrons. The van der Waals surface area contributed by atoms with Crippen molar-refractivity contribution in [2.75, 3.05) is 12.4 Å². The molecule has 0 spiro atoms. The van der Waals surface area contributed by atoms with Crippen molar-refractivity contribution in [3.8, 4) is 5.88 Å². The molecule has 0 bridgehead atoms. The lowest BCUT2D eigenvalue weighted by molar-refractivity contribution is -0.151. The molecule has 1 aromatic rings. The van der Waals surface area contributed by atoms with E-state index in [1.807, 2.05) is 0 Å². The van der Waals surface area contributed by atoms with Crippen LogP contribution in [0.1, 0.15) is 18.5 Å². The van der Waals surface area contributed by atoms with Gasteiger partial charge in [0, 0.05) is 11.8 Å². The molecule has 1 fully saturated rings. The fourth-order valence-corrected chi connectivity index (χ4v) is 1.52. The molecular weight excluding hydrogens is 235 g/mol. The third-order valence-electron chi connectivity index (χ3n) is 2.68. The van der Waals surface area contributed by atoms with Crippen LogP contribution >= 0.6 is 0 Å². The van der Waals surface area contributed by atoms with Crippen molar-refractivity contribution in [1.29, 1.82) is 0 Å². The van der Waals surface area contributed by atoms with Gasteiger partial charge in [0.1, 0.15) is 5.54 Å². The van der Waals surface area contributed by atoms with Crippen molar-refractivity contribution in [3.63, 3.8) is 0 Å². The highest BCUT2D eigenvalue weighted by Gasteiger charge is 2.64. The van der Waals surface area contributed by atoms with Gasteiger partial charge in [-0.15, -0.1) is 0 Å². The van der Waals surface area contributed by atoms with Crippen molar-refractivity contribution in [1.82, 2.24) is 9.97 Å². The quantitative estimate of drug-likeness (QED) is 0.890. The summed E-state index contributed by atoms with van der Waals surface area (Å²) >= 11 is 0. The molecule has 1 heterocycles. The lowest BCUT2D eigenvalue weighted by atomic mass is 10.2. The SMILES string of the molecule is COc1cc(C)nc(NC2(C(F)(F)F)CC2)n1. The Morgan fingerprint density at radius 1 is 1.35 bits per heavy atom. The number of alkyl halides is 3. The second-order valence-corrected chi connectivity index (χ2v) is 4.08. The Labute approximate surface area is 96.2 Å². The Bertz CT molecular complexity index is 429. The molecule has 0 amide bonds. The van der Waals surface area contributed by atoms with Gasteiger partial charge in [0.2, 0.25) is 11.8 Å². The molecule has 7 heteroatoms. The van der Waals surface area contributed by atoms with E-state index in [1.165, 1.54) is 7.11 Å². The van der Waals surface area contributed by atoms with Crippen LogP contribution in [0.5, 0.6) is 5.88 Å². The molecule has 0 saturated heterocycles. The molecule has 2 rings (SSSR count). The zero-order valence-corrected chi connectivity index (χ0v) is 9.43. The molecule has 0 unspecified atom stereocenters. The Morgan fingerprint density at radius 2 is 2.00 bits per heavy atom. The van der Waals surface area contributed by atoms with Crippen molar-refractivity contribution >= 4 is 5.95 Å². The number of halogens is 3. The van der Waals surface area contributed by atoms with Crippen LogP contribution in [0.2, 0.25) is 0 Å². The van der Waals surface area contributed by atoms with Crippen molar-refractivity contribution in [2.45, 2.75) is 31.5 Å². The lowest BCUT2D eigenvalue weighted by Gasteiger charge is -2.20. The van der Waals surface area contributed by atoms with Crippen LogP contribution in [0.15, 0.2) is 6.07 Å². The Morgan fingerprint density at radius 3 is 2.47 bits per heavy atom. The maximum atomic E-state index is 12.7. The molecule has 0 aliphatic heterocycles. The maximum absolute atomic E-state index is 12.7. The largest absolute Gasteiger partial charge is 0.481 e. The fraction of sp³-hybridized carbons (Fsp3) is 0.600. The molecule has 1 aromatic heterocycles. The van der Waals surface area contributed by atoms with Gasteiger partial charge >= 0.3 is 6.18 Å². The second kappa shape index (κ2) is 3.75. The molecule has 0 atom stereocenters. The predicted molar refractivity (Wildman–Crippen MR) is 55.0 cm³/mol. The highest BCUT2D eigenvalue weighted by Crippen LogP contribution is 2.50. The topological polar surface area (TPSA) is 47.0 Å². The highest BCUT2D eigenvalue weighted by molar-refractivity contribution is 5.38. The number of hydrogen-bond acceptors (Lipinski definition) is 4. The Kier molecular flexibility index (Phi) is 2.63. The fourth-order valence-electron chi connectivity index (χ4n) is 1.52. The van der Waals surface area contributed by atoms with Gasteiger partial charge < -0.3 is 10.1 Å². The molecule has 1 aliphatic rings. The van der Waals surface area contributed by atoms with E-state index in [1.54, 1.807) is 13.0 Å². The summed E-state index contributed by atoms with van der Waals surface area (Å²) in [5.74, 6) is 0.203.